The molecular weight excluding hydrogens is 421 g/mol. The van der Waals surface area contributed by atoms with Crippen LogP contribution in [0.5, 0.6) is 0 Å². The number of hydrogen-bond donors (Lipinski definition) is 1. The minimum absolute atomic E-state index is 0. The zero-order valence-corrected chi connectivity index (χ0v) is 17.4. The van der Waals surface area contributed by atoms with E-state index in [0.717, 1.165) is 44.4 Å². The van der Waals surface area contributed by atoms with Gasteiger partial charge >= 0.3 is 0 Å². The molecule has 1 aromatic rings. The van der Waals surface area contributed by atoms with Gasteiger partial charge in [-0.2, -0.15) is 0 Å². The molecule has 0 spiro atoms. The molecule has 0 saturated carbocycles. The Morgan fingerprint density at radius 2 is 2.09 bits per heavy atom. The van der Waals surface area contributed by atoms with Crippen LogP contribution >= 0.6 is 35.7 Å². The number of nitrogens with zero attached hydrogens (tertiary/aromatic N) is 2. The highest BCUT2D eigenvalue weighted by molar-refractivity contribution is 14.0. The lowest BCUT2D eigenvalue weighted by molar-refractivity contribution is 0.123. The molecule has 1 N–H and O–H groups in total. The number of hydrogen-bond acceptors (Lipinski definition) is 4. The van der Waals surface area contributed by atoms with Crippen molar-refractivity contribution in [1.29, 1.82) is 0 Å². The predicted octanol–water partition coefficient (Wildman–Crippen LogP) is 4.38. The number of aryl methyl sites for hydroxylation is 1. The number of thioether (sulfide) groups is 1. The molecule has 0 bridgehead atoms. The van der Waals surface area contributed by atoms with Crippen LogP contribution in [0.15, 0.2) is 23.2 Å². The summed E-state index contributed by atoms with van der Waals surface area (Å²) in [5.41, 5.74) is 3.68. The van der Waals surface area contributed by atoms with Crippen LogP contribution in [-0.4, -0.2) is 44.3 Å². The summed E-state index contributed by atoms with van der Waals surface area (Å²) >= 11 is 1.67. The van der Waals surface area contributed by atoms with Crippen molar-refractivity contribution in [3.8, 4) is 0 Å². The van der Waals surface area contributed by atoms with Crippen molar-refractivity contribution in [3.05, 3.63) is 23.8 Å². The monoisotopic (exact) mass is 449 g/mol. The summed E-state index contributed by atoms with van der Waals surface area (Å²) in [4.78, 5) is 7.07. The SMILES string of the molecule is CCCCN=C(Nc1c(C)cccc1N1CCOCC1)SC.I. The molecule has 130 valence electrons. The Labute approximate surface area is 161 Å². The average Bonchev–Trinajstić information content (AvgIpc) is 2.56. The molecule has 2 rings (SSSR count). The van der Waals surface area contributed by atoms with Gasteiger partial charge in [0.05, 0.1) is 24.6 Å². The number of anilines is 2. The van der Waals surface area contributed by atoms with Crippen molar-refractivity contribution in [1.82, 2.24) is 0 Å². The Morgan fingerprint density at radius 1 is 1.35 bits per heavy atom. The molecular formula is C17H28IN3OS. The number of rotatable bonds is 5. The normalized spacial score (nSPS) is 15.3. The molecule has 1 fully saturated rings. The van der Waals surface area contributed by atoms with E-state index >= 15 is 0 Å². The summed E-state index contributed by atoms with van der Waals surface area (Å²) < 4.78 is 5.47. The number of aliphatic imine (C=N–C) groups is 1. The summed E-state index contributed by atoms with van der Waals surface area (Å²) in [5.74, 6) is 0. The largest absolute Gasteiger partial charge is 0.378 e. The van der Waals surface area contributed by atoms with Crippen LogP contribution in [0.25, 0.3) is 0 Å². The Kier molecular flexibility index (Phi) is 9.97. The number of amidine groups is 1. The van der Waals surface area contributed by atoms with E-state index < -0.39 is 0 Å². The third kappa shape index (κ3) is 6.15. The molecule has 0 radical (unpaired) electrons. The molecule has 0 aromatic heterocycles. The van der Waals surface area contributed by atoms with Gasteiger partial charge in [-0.3, -0.25) is 4.99 Å². The Morgan fingerprint density at radius 3 is 2.74 bits per heavy atom. The van der Waals surface area contributed by atoms with Crippen molar-refractivity contribution in [2.45, 2.75) is 26.7 Å². The van der Waals surface area contributed by atoms with Gasteiger partial charge in [0, 0.05) is 19.6 Å². The molecule has 1 saturated heterocycles. The maximum absolute atomic E-state index is 5.47. The Balaban J connectivity index is 0.00000264. The zero-order valence-electron chi connectivity index (χ0n) is 14.3. The van der Waals surface area contributed by atoms with E-state index in [1.165, 1.54) is 23.4 Å². The first-order valence-corrected chi connectivity index (χ1v) is 9.26. The van der Waals surface area contributed by atoms with Gasteiger partial charge in [-0.25, -0.2) is 0 Å². The third-order valence-corrected chi connectivity index (χ3v) is 4.41. The summed E-state index contributed by atoms with van der Waals surface area (Å²) in [6, 6.07) is 6.46. The molecule has 0 unspecified atom stereocenters. The van der Waals surface area contributed by atoms with Crippen molar-refractivity contribution >= 4 is 52.3 Å². The van der Waals surface area contributed by atoms with Gasteiger partial charge in [-0.05, 0) is 31.2 Å². The second-order valence-corrected chi connectivity index (χ2v) is 6.23. The lowest BCUT2D eigenvalue weighted by atomic mass is 10.1. The average molecular weight is 449 g/mol. The van der Waals surface area contributed by atoms with Gasteiger partial charge in [0.15, 0.2) is 5.17 Å². The van der Waals surface area contributed by atoms with Gasteiger partial charge in [-0.15, -0.1) is 24.0 Å². The van der Waals surface area contributed by atoms with Gasteiger partial charge in [0.25, 0.3) is 0 Å². The smallest absolute Gasteiger partial charge is 0.160 e. The lowest BCUT2D eigenvalue weighted by Gasteiger charge is -2.31. The standard InChI is InChI=1S/C17H27N3OS.HI/c1-4-5-9-18-17(22-3)19-16-14(2)7-6-8-15(16)20-10-12-21-13-11-20;/h6-8H,4-5,9-13H2,1-3H3,(H,18,19);1H. The summed E-state index contributed by atoms with van der Waals surface area (Å²) in [5, 5.41) is 4.55. The number of halogens is 1. The fourth-order valence-corrected chi connectivity index (χ4v) is 2.91. The highest BCUT2D eigenvalue weighted by Crippen LogP contribution is 2.30. The van der Waals surface area contributed by atoms with E-state index in [1.54, 1.807) is 11.8 Å². The topological polar surface area (TPSA) is 36.9 Å². The molecule has 23 heavy (non-hydrogen) atoms. The molecule has 6 heteroatoms. The van der Waals surface area contributed by atoms with Crippen LogP contribution in [0.1, 0.15) is 25.3 Å². The number of para-hydroxylation sites is 1. The third-order valence-electron chi connectivity index (χ3n) is 3.79. The maximum Gasteiger partial charge on any atom is 0.160 e. The summed E-state index contributed by atoms with van der Waals surface area (Å²) in [6.07, 6.45) is 4.38. The van der Waals surface area contributed by atoms with Gasteiger partial charge in [-0.1, -0.05) is 37.2 Å². The first-order chi connectivity index (χ1) is 10.8. The Bertz CT molecular complexity index is 505. The highest BCUT2D eigenvalue weighted by atomic mass is 127. The fourth-order valence-electron chi connectivity index (χ4n) is 2.48. The highest BCUT2D eigenvalue weighted by Gasteiger charge is 2.16. The number of benzene rings is 1. The number of unbranched alkanes of at least 4 members (excludes halogenated alkanes) is 1. The number of nitrogens with one attached hydrogen (secondary N) is 1. The molecule has 0 aliphatic carbocycles. The van der Waals surface area contributed by atoms with Crippen LogP contribution in [0.3, 0.4) is 0 Å². The van der Waals surface area contributed by atoms with Crippen LogP contribution in [-0.2, 0) is 4.74 Å². The van der Waals surface area contributed by atoms with Crippen molar-refractivity contribution in [2.24, 2.45) is 4.99 Å². The quantitative estimate of drug-likeness (QED) is 0.313. The molecule has 1 aliphatic rings. The van der Waals surface area contributed by atoms with Crippen molar-refractivity contribution in [2.75, 3.05) is 49.3 Å². The summed E-state index contributed by atoms with van der Waals surface area (Å²) in [6.45, 7) is 8.72. The fraction of sp³-hybridized carbons (Fsp3) is 0.588. The molecule has 1 aromatic carbocycles. The van der Waals surface area contributed by atoms with Crippen molar-refractivity contribution in [3.63, 3.8) is 0 Å². The Hall–Kier alpha value is -0.470. The van der Waals surface area contributed by atoms with E-state index in [9.17, 15) is 0 Å². The number of ether oxygens (including phenoxy) is 1. The molecule has 4 nitrogen and oxygen atoms in total. The maximum atomic E-state index is 5.47. The molecule has 0 amide bonds. The van der Waals surface area contributed by atoms with Gasteiger partial charge in [0.1, 0.15) is 0 Å². The zero-order chi connectivity index (χ0) is 15.8. The first-order valence-electron chi connectivity index (χ1n) is 8.04. The van der Waals surface area contributed by atoms with E-state index in [0.29, 0.717) is 0 Å². The second-order valence-electron chi connectivity index (χ2n) is 5.44. The van der Waals surface area contributed by atoms with E-state index in [4.69, 9.17) is 4.74 Å². The van der Waals surface area contributed by atoms with E-state index in [1.807, 2.05) is 0 Å². The van der Waals surface area contributed by atoms with Crippen molar-refractivity contribution < 1.29 is 4.74 Å². The van der Waals surface area contributed by atoms with Gasteiger partial charge < -0.3 is 15.0 Å². The van der Waals surface area contributed by atoms with Gasteiger partial charge in [0.2, 0.25) is 0 Å². The summed E-state index contributed by atoms with van der Waals surface area (Å²) in [7, 11) is 0. The van der Waals surface area contributed by atoms with Crippen LogP contribution in [0.4, 0.5) is 11.4 Å². The van der Waals surface area contributed by atoms with Crippen LogP contribution in [0, 0.1) is 6.92 Å². The van der Waals surface area contributed by atoms with Crippen LogP contribution < -0.4 is 10.2 Å². The first kappa shape index (κ1) is 20.6. The minimum atomic E-state index is 0. The molecule has 0 atom stereocenters. The molecule has 1 aliphatic heterocycles. The second kappa shape index (κ2) is 11.1. The molecule has 1 heterocycles. The predicted molar refractivity (Wildman–Crippen MR) is 114 cm³/mol. The minimum Gasteiger partial charge on any atom is -0.378 e. The van der Waals surface area contributed by atoms with E-state index in [2.05, 4.69) is 53.5 Å². The van der Waals surface area contributed by atoms with E-state index in [-0.39, 0.29) is 24.0 Å². The number of morpholine rings is 1. The van der Waals surface area contributed by atoms with Crippen LogP contribution in [0.2, 0.25) is 0 Å². The lowest BCUT2D eigenvalue weighted by Crippen LogP contribution is -2.36.